The zero-order chi connectivity index (χ0) is 25.7. The van der Waals surface area contributed by atoms with Gasteiger partial charge in [0.2, 0.25) is 0 Å². The number of rotatable bonds is 7. The summed E-state index contributed by atoms with van der Waals surface area (Å²) in [4.78, 5) is 8.16. The summed E-state index contributed by atoms with van der Waals surface area (Å²) in [5.74, 6) is -3.68. The summed E-state index contributed by atoms with van der Waals surface area (Å²) in [6.45, 7) is 8.35. The molecular weight excluding hydrogens is 474 g/mol. The van der Waals surface area contributed by atoms with Gasteiger partial charge in [-0.3, -0.25) is 9.80 Å². The Hall–Kier alpha value is -1.96. The highest BCUT2D eigenvalue weighted by molar-refractivity contribution is 5.65. The van der Waals surface area contributed by atoms with Crippen LogP contribution >= 0.6 is 0 Å². The largest absolute Gasteiger partial charge is 0.382 e. The van der Waals surface area contributed by atoms with Crippen molar-refractivity contribution in [3.63, 3.8) is 0 Å². The second-order valence-corrected chi connectivity index (χ2v) is 10.7. The van der Waals surface area contributed by atoms with Crippen molar-refractivity contribution in [3.05, 3.63) is 24.2 Å². The Balaban J connectivity index is 1.35. The molecule has 0 spiro atoms. The number of halogens is 2. The van der Waals surface area contributed by atoms with E-state index in [1.54, 1.807) is 18.4 Å². The molecule has 2 aromatic rings. The Morgan fingerprint density at radius 1 is 1.28 bits per heavy atom. The molecule has 0 radical (unpaired) electrons. The quantitative estimate of drug-likeness (QED) is 0.536. The lowest BCUT2D eigenvalue weighted by Crippen LogP contribution is -2.53. The van der Waals surface area contributed by atoms with Crippen LogP contribution in [0.25, 0.3) is 5.52 Å². The average Bonchev–Trinajstić information content (AvgIpc) is 3.46. The van der Waals surface area contributed by atoms with Crippen molar-refractivity contribution < 1.29 is 28.1 Å². The van der Waals surface area contributed by atoms with E-state index >= 15 is 0 Å². The van der Waals surface area contributed by atoms with E-state index in [2.05, 4.69) is 21.9 Å². The fourth-order valence-corrected chi connectivity index (χ4v) is 5.60. The van der Waals surface area contributed by atoms with Gasteiger partial charge in [0, 0.05) is 44.6 Å². The maximum atomic E-state index is 13.8. The molecule has 12 heteroatoms. The Morgan fingerprint density at radius 2 is 2.08 bits per heavy atom. The van der Waals surface area contributed by atoms with E-state index in [-0.39, 0.29) is 31.0 Å². The van der Waals surface area contributed by atoms with Crippen molar-refractivity contribution in [2.75, 3.05) is 51.7 Å². The second-order valence-electron chi connectivity index (χ2n) is 10.7. The normalized spacial score (nSPS) is 32.0. The van der Waals surface area contributed by atoms with Crippen molar-refractivity contribution in [1.82, 2.24) is 24.4 Å². The summed E-state index contributed by atoms with van der Waals surface area (Å²) in [5, 5.41) is 14.9. The number of ether oxygens (including phenoxy) is 3. The number of nitrogens with two attached hydrogens (primary N) is 1. The first-order valence-corrected chi connectivity index (χ1v) is 12.6. The lowest BCUT2D eigenvalue weighted by molar-refractivity contribution is -0.221. The van der Waals surface area contributed by atoms with Gasteiger partial charge < -0.3 is 25.1 Å². The van der Waals surface area contributed by atoms with Crippen molar-refractivity contribution in [1.29, 1.82) is 0 Å². The molecular formula is C24H36F2N6O4. The van der Waals surface area contributed by atoms with E-state index in [4.69, 9.17) is 19.9 Å². The summed E-state index contributed by atoms with van der Waals surface area (Å²) < 4.78 is 47.6. The van der Waals surface area contributed by atoms with E-state index < -0.39 is 23.9 Å². The van der Waals surface area contributed by atoms with Crippen LogP contribution < -0.4 is 5.73 Å². The maximum absolute atomic E-state index is 13.8. The molecule has 3 N–H and O–H groups in total. The highest BCUT2D eigenvalue weighted by atomic mass is 19.3. The van der Waals surface area contributed by atoms with Gasteiger partial charge in [-0.25, -0.2) is 18.3 Å². The molecule has 10 nitrogen and oxygen atoms in total. The number of morpholine rings is 1. The molecule has 3 fully saturated rings. The highest BCUT2D eigenvalue weighted by Gasteiger charge is 2.48. The number of hydrogen-bond acceptors (Lipinski definition) is 9. The van der Waals surface area contributed by atoms with Gasteiger partial charge in [0.1, 0.15) is 17.9 Å². The molecule has 3 saturated heterocycles. The number of likely N-dealkylation sites (tertiary alicyclic amines) is 1. The molecule has 0 unspecified atom stereocenters. The molecule has 0 bridgehead atoms. The average molecular weight is 511 g/mol. The lowest BCUT2D eigenvalue weighted by atomic mass is 9.95. The molecule has 200 valence electrons. The number of fused-ring (bicyclic) bond motifs is 1. The predicted molar refractivity (Wildman–Crippen MR) is 128 cm³/mol. The molecule has 3 aliphatic rings. The van der Waals surface area contributed by atoms with Crippen LogP contribution in [0.3, 0.4) is 0 Å². The van der Waals surface area contributed by atoms with E-state index in [0.717, 1.165) is 5.69 Å². The lowest BCUT2D eigenvalue weighted by Gasteiger charge is -2.39. The topological polar surface area (TPSA) is 111 Å². The fraction of sp³-hybridized carbons (Fsp3) is 0.750. The summed E-state index contributed by atoms with van der Waals surface area (Å²) >= 11 is 0. The number of nitrogen functional groups attached to an aromatic ring is 1. The Morgan fingerprint density at radius 3 is 2.81 bits per heavy atom. The van der Waals surface area contributed by atoms with Crippen molar-refractivity contribution >= 4 is 11.3 Å². The van der Waals surface area contributed by atoms with Crippen LogP contribution in [0.4, 0.5) is 14.6 Å². The van der Waals surface area contributed by atoms with Crippen molar-refractivity contribution in [2.24, 2.45) is 5.92 Å². The molecule has 0 aromatic carbocycles. The van der Waals surface area contributed by atoms with Gasteiger partial charge in [-0.2, -0.15) is 5.10 Å². The molecule has 2 aromatic heterocycles. The number of anilines is 1. The van der Waals surface area contributed by atoms with E-state index in [1.807, 2.05) is 17.0 Å². The smallest absolute Gasteiger partial charge is 0.261 e. The van der Waals surface area contributed by atoms with Crippen molar-refractivity contribution in [2.45, 2.75) is 63.3 Å². The van der Waals surface area contributed by atoms with Crippen LogP contribution in [0.5, 0.6) is 0 Å². The minimum absolute atomic E-state index is 0.00202. The fourth-order valence-electron chi connectivity index (χ4n) is 5.60. The van der Waals surface area contributed by atoms with Crippen LogP contribution in [0.2, 0.25) is 0 Å². The van der Waals surface area contributed by atoms with E-state index in [0.29, 0.717) is 50.7 Å². The van der Waals surface area contributed by atoms with Crippen molar-refractivity contribution in [3.8, 4) is 0 Å². The SMILES string of the molecule is C[C@H]1[C@@H](OC(C)(C)O)[C@H](c2ccc3c(N)ncnn23)O[C@@H]1CN1CCOC[C@H]1CN1CCC(F)(F)C1. The molecule has 0 saturated carbocycles. The summed E-state index contributed by atoms with van der Waals surface area (Å²) in [5.41, 5.74) is 7.46. The third-order valence-electron chi connectivity index (χ3n) is 7.43. The van der Waals surface area contributed by atoms with Crippen LogP contribution in [-0.4, -0.2) is 105 Å². The number of nitrogens with zero attached hydrogens (tertiary/aromatic N) is 5. The van der Waals surface area contributed by atoms with E-state index in [1.165, 1.54) is 6.33 Å². The third kappa shape index (κ3) is 5.34. The van der Waals surface area contributed by atoms with Gasteiger partial charge in [-0.1, -0.05) is 6.92 Å². The van der Waals surface area contributed by atoms with Gasteiger partial charge in [0.25, 0.3) is 5.92 Å². The van der Waals surface area contributed by atoms with Gasteiger partial charge in [0.15, 0.2) is 11.6 Å². The van der Waals surface area contributed by atoms with Crippen LogP contribution in [0, 0.1) is 5.92 Å². The second kappa shape index (κ2) is 9.73. The molecule has 5 atom stereocenters. The van der Waals surface area contributed by atoms with Gasteiger partial charge in [-0.15, -0.1) is 0 Å². The maximum Gasteiger partial charge on any atom is 0.261 e. The first-order chi connectivity index (χ1) is 17.0. The summed E-state index contributed by atoms with van der Waals surface area (Å²) in [7, 11) is 0. The Labute approximate surface area is 209 Å². The highest BCUT2D eigenvalue weighted by Crippen LogP contribution is 2.42. The van der Waals surface area contributed by atoms with E-state index in [9.17, 15) is 13.9 Å². The van der Waals surface area contributed by atoms with Gasteiger partial charge in [-0.05, 0) is 26.0 Å². The zero-order valence-electron chi connectivity index (χ0n) is 21.0. The molecule has 0 aliphatic carbocycles. The molecule has 0 amide bonds. The number of aromatic nitrogens is 3. The minimum atomic E-state index is -2.62. The number of alkyl halides is 2. The standard InChI is InChI=1S/C24H36F2N6O4/c1-15-19(11-31-8-9-34-12-16(31)10-30-7-6-24(25,26)13-30)35-21(20(15)36-23(2,3)33)17-4-5-18-22(27)28-14-29-32(17)18/h4-5,14-16,19-21,33H,6-13H2,1-3H3,(H2,27,28,29)/t15-,16-,19-,20-,21+/m1/s1. The van der Waals surface area contributed by atoms with Crippen LogP contribution in [0.15, 0.2) is 18.5 Å². The monoisotopic (exact) mass is 510 g/mol. The van der Waals surface area contributed by atoms with Gasteiger partial charge >= 0.3 is 0 Å². The van der Waals surface area contributed by atoms with Crippen LogP contribution in [-0.2, 0) is 14.2 Å². The third-order valence-corrected chi connectivity index (χ3v) is 7.43. The number of aliphatic hydroxyl groups is 1. The predicted octanol–water partition coefficient (Wildman–Crippen LogP) is 1.54. The first kappa shape index (κ1) is 25.7. The Kier molecular flexibility index (Phi) is 6.94. The molecule has 5 rings (SSSR count). The molecule has 3 aliphatic heterocycles. The zero-order valence-corrected chi connectivity index (χ0v) is 21.0. The summed E-state index contributed by atoms with van der Waals surface area (Å²) in [6, 6.07) is 3.74. The molecule has 36 heavy (non-hydrogen) atoms. The van der Waals surface area contributed by atoms with Gasteiger partial charge in [0.05, 0.1) is 37.7 Å². The molecule has 5 heterocycles. The number of hydrogen-bond donors (Lipinski definition) is 2. The minimum Gasteiger partial charge on any atom is -0.382 e. The first-order valence-electron chi connectivity index (χ1n) is 12.6. The van der Waals surface area contributed by atoms with Crippen LogP contribution in [0.1, 0.15) is 39.0 Å². The Bertz CT molecular complexity index is 1060. The summed E-state index contributed by atoms with van der Waals surface area (Å²) in [6.07, 6.45) is 0.146.